The molecule has 2 rings (SSSR count). The molecule has 0 aromatic carbocycles. The summed E-state index contributed by atoms with van der Waals surface area (Å²) in [7, 11) is 0. The Kier molecular flexibility index (Phi) is 2.55. The second-order valence-electron chi connectivity index (χ2n) is 3.05. The van der Waals surface area contributed by atoms with Crippen molar-refractivity contribution in [2.45, 2.75) is 11.6 Å². The second-order valence-corrected chi connectivity index (χ2v) is 3.82. The number of nitrogens with zero attached hydrogens (tertiary/aromatic N) is 4. The molecule has 0 atom stereocenters. The van der Waals surface area contributed by atoms with Crippen molar-refractivity contribution in [2.75, 3.05) is 24.2 Å². The van der Waals surface area contributed by atoms with Gasteiger partial charge in [-0.3, -0.25) is 0 Å². The largest absolute Gasteiger partial charge is 0.355 e. The molecule has 0 spiro atoms. The van der Waals surface area contributed by atoms with Gasteiger partial charge < -0.3 is 4.90 Å². The molecule has 0 saturated carbocycles. The Bertz CT molecular complexity index is 381. The molecule has 0 radical (unpaired) electrons. The zero-order valence-corrected chi connectivity index (χ0v) is 8.71. The first kappa shape index (κ1) is 9.28. The van der Waals surface area contributed by atoms with Crippen LogP contribution in [0.3, 0.4) is 0 Å². The molecule has 0 N–H and O–H groups in total. The van der Waals surface area contributed by atoms with Crippen LogP contribution in [0.25, 0.3) is 0 Å². The molecule has 0 amide bonds. The van der Waals surface area contributed by atoms with Crippen molar-refractivity contribution in [2.24, 2.45) is 0 Å². The number of nitriles is 1. The van der Waals surface area contributed by atoms with Gasteiger partial charge in [0.25, 0.3) is 0 Å². The zero-order valence-electron chi connectivity index (χ0n) is 7.90. The predicted octanol–water partition coefficient (Wildman–Crippen LogP) is 1.28. The average Bonchev–Trinajstić information content (AvgIpc) is 2.15. The van der Waals surface area contributed by atoms with E-state index in [1.54, 1.807) is 6.20 Å². The summed E-state index contributed by atoms with van der Waals surface area (Å²) >= 11 is 1.50. The summed E-state index contributed by atoms with van der Waals surface area (Å²) in [5, 5.41) is 9.61. The van der Waals surface area contributed by atoms with Crippen LogP contribution in [0.15, 0.2) is 11.4 Å². The van der Waals surface area contributed by atoms with Gasteiger partial charge in [0, 0.05) is 13.1 Å². The van der Waals surface area contributed by atoms with Crippen molar-refractivity contribution in [3.8, 4) is 6.07 Å². The van der Waals surface area contributed by atoms with Gasteiger partial charge in [0.2, 0.25) is 0 Å². The van der Waals surface area contributed by atoms with E-state index < -0.39 is 0 Å². The van der Waals surface area contributed by atoms with Gasteiger partial charge in [-0.15, -0.1) is 0 Å². The molecule has 2 heterocycles. The van der Waals surface area contributed by atoms with E-state index in [9.17, 15) is 0 Å². The fourth-order valence-electron chi connectivity index (χ4n) is 1.30. The predicted molar refractivity (Wildman–Crippen MR) is 55.4 cm³/mol. The zero-order chi connectivity index (χ0) is 9.97. The van der Waals surface area contributed by atoms with Crippen molar-refractivity contribution in [3.05, 3.63) is 11.8 Å². The van der Waals surface area contributed by atoms with Crippen LogP contribution in [0, 0.1) is 11.3 Å². The number of thioether (sulfide) groups is 1. The molecule has 1 saturated heterocycles. The van der Waals surface area contributed by atoms with E-state index in [-0.39, 0.29) is 0 Å². The van der Waals surface area contributed by atoms with Gasteiger partial charge >= 0.3 is 0 Å². The van der Waals surface area contributed by atoms with Crippen molar-refractivity contribution >= 4 is 17.6 Å². The smallest absolute Gasteiger partial charge is 0.189 e. The summed E-state index contributed by atoms with van der Waals surface area (Å²) in [5.41, 5.74) is 0.572. The third-order valence-corrected chi connectivity index (χ3v) is 2.77. The maximum Gasteiger partial charge on any atom is 0.189 e. The van der Waals surface area contributed by atoms with Gasteiger partial charge in [-0.2, -0.15) is 5.26 Å². The van der Waals surface area contributed by atoms with Crippen LogP contribution in [-0.4, -0.2) is 29.3 Å². The van der Waals surface area contributed by atoms with Crippen molar-refractivity contribution in [1.82, 2.24) is 9.97 Å². The maximum absolute atomic E-state index is 8.89. The lowest BCUT2D eigenvalue weighted by Gasteiger charge is -2.32. The molecule has 1 aliphatic rings. The molecule has 0 bridgehead atoms. The first-order chi connectivity index (χ1) is 6.85. The van der Waals surface area contributed by atoms with Gasteiger partial charge in [0.05, 0.1) is 6.20 Å². The quantitative estimate of drug-likeness (QED) is 0.539. The van der Waals surface area contributed by atoms with E-state index in [0.717, 1.165) is 24.1 Å². The highest BCUT2D eigenvalue weighted by molar-refractivity contribution is 7.98. The Morgan fingerprint density at radius 3 is 2.86 bits per heavy atom. The second kappa shape index (κ2) is 3.84. The SMILES string of the molecule is CSc1ncc(C#N)c(N2CCC2)n1. The summed E-state index contributed by atoms with van der Waals surface area (Å²) in [6.45, 7) is 2.00. The monoisotopic (exact) mass is 206 g/mol. The Hall–Kier alpha value is -1.28. The summed E-state index contributed by atoms with van der Waals surface area (Å²) in [6, 6.07) is 2.12. The van der Waals surface area contributed by atoms with Gasteiger partial charge in [0.15, 0.2) is 11.0 Å². The fourth-order valence-corrected chi connectivity index (χ4v) is 1.64. The van der Waals surface area contributed by atoms with Crippen molar-refractivity contribution < 1.29 is 0 Å². The minimum atomic E-state index is 0.572. The third-order valence-electron chi connectivity index (χ3n) is 2.21. The lowest BCUT2D eigenvalue weighted by molar-refractivity contribution is 0.604. The number of aromatic nitrogens is 2. The van der Waals surface area contributed by atoms with Crippen molar-refractivity contribution in [1.29, 1.82) is 5.26 Å². The van der Waals surface area contributed by atoms with Crippen LogP contribution in [-0.2, 0) is 0 Å². The van der Waals surface area contributed by atoms with Crippen LogP contribution in [0.1, 0.15) is 12.0 Å². The van der Waals surface area contributed by atoms with Gasteiger partial charge in [-0.1, -0.05) is 11.8 Å². The van der Waals surface area contributed by atoms with E-state index in [2.05, 4.69) is 20.9 Å². The molecular weight excluding hydrogens is 196 g/mol. The Morgan fingerprint density at radius 2 is 2.36 bits per heavy atom. The Labute approximate surface area is 87.0 Å². The highest BCUT2D eigenvalue weighted by atomic mass is 32.2. The maximum atomic E-state index is 8.89. The minimum Gasteiger partial charge on any atom is -0.355 e. The van der Waals surface area contributed by atoms with Crippen LogP contribution in [0.2, 0.25) is 0 Å². The van der Waals surface area contributed by atoms with E-state index in [0.29, 0.717) is 5.56 Å². The van der Waals surface area contributed by atoms with Crippen LogP contribution in [0.4, 0.5) is 5.82 Å². The first-order valence-corrected chi connectivity index (χ1v) is 5.63. The third kappa shape index (κ3) is 1.53. The van der Waals surface area contributed by atoms with E-state index in [1.807, 2.05) is 6.26 Å². The fraction of sp³-hybridized carbons (Fsp3) is 0.444. The van der Waals surface area contributed by atoms with Gasteiger partial charge in [-0.05, 0) is 12.7 Å². The van der Waals surface area contributed by atoms with Crippen LogP contribution < -0.4 is 4.90 Å². The molecular formula is C9H10N4S. The van der Waals surface area contributed by atoms with Gasteiger partial charge in [0.1, 0.15) is 11.6 Å². The molecule has 14 heavy (non-hydrogen) atoms. The average molecular weight is 206 g/mol. The number of hydrogen-bond acceptors (Lipinski definition) is 5. The lowest BCUT2D eigenvalue weighted by atomic mass is 10.2. The summed E-state index contributed by atoms with van der Waals surface area (Å²) in [6.07, 6.45) is 4.72. The van der Waals surface area contributed by atoms with E-state index >= 15 is 0 Å². The standard InChI is InChI=1S/C9H10N4S/c1-14-9-11-6-7(5-10)8(12-9)13-3-2-4-13/h6H,2-4H2,1H3. The van der Waals surface area contributed by atoms with Crippen LogP contribution >= 0.6 is 11.8 Å². The molecule has 4 nitrogen and oxygen atoms in total. The molecule has 1 fully saturated rings. The summed E-state index contributed by atoms with van der Waals surface area (Å²) in [4.78, 5) is 10.5. The Balaban J connectivity index is 2.38. The van der Waals surface area contributed by atoms with Gasteiger partial charge in [-0.25, -0.2) is 9.97 Å². The Morgan fingerprint density at radius 1 is 1.57 bits per heavy atom. The van der Waals surface area contributed by atoms with Crippen molar-refractivity contribution in [3.63, 3.8) is 0 Å². The highest BCUT2D eigenvalue weighted by Crippen LogP contribution is 2.23. The molecule has 0 aliphatic carbocycles. The first-order valence-electron chi connectivity index (χ1n) is 4.41. The highest BCUT2D eigenvalue weighted by Gasteiger charge is 2.19. The number of anilines is 1. The molecule has 1 aliphatic heterocycles. The topological polar surface area (TPSA) is 52.8 Å². The lowest BCUT2D eigenvalue weighted by Crippen LogP contribution is -2.38. The molecule has 0 unspecified atom stereocenters. The molecule has 1 aromatic rings. The minimum absolute atomic E-state index is 0.572. The van der Waals surface area contributed by atoms with E-state index in [1.165, 1.54) is 18.2 Å². The van der Waals surface area contributed by atoms with Crippen LogP contribution in [0.5, 0.6) is 0 Å². The molecule has 1 aromatic heterocycles. The normalized spacial score (nSPS) is 14.7. The van der Waals surface area contributed by atoms with E-state index in [4.69, 9.17) is 5.26 Å². The summed E-state index contributed by atoms with van der Waals surface area (Å²) in [5.74, 6) is 0.790. The number of hydrogen-bond donors (Lipinski definition) is 0. The molecule has 5 heteroatoms. The molecule has 72 valence electrons. The summed E-state index contributed by atoms with van der Waals surface area (Å²) < 4.78 is 0. The number of rotatable bonds is 2.